The van der Waals surface area contributed by atoms with Gasteiger partial charge in [0.05, 0.1) is 10.0 Å². The van der Waals surface area contributed by atoms with Crippen molar-refractivity contribution in [2.24, 2.45) is 5.92 Å². The average Bonchev–Trinajstić information content (AvgIpc) is 2.92. The zero-order valence-electron chi connectivity index (χ0n) is 15.9. The summed E-state index contributed by atoms with van der Waals surface area (Å²) in [7, 11) is 0. The van der Waals surface area contributed by atoms with E-state index in [1.807, 2.05) is 23.6 Å². The summed E-state index contributed by atoms with van der Waals surface area (Å²) in [5, 5.41) is 0. The summed E-state index contributed by atoms with van der Waals surface area (Å²) in [4.78, 5) is 29.0. The number of aryl methyl sites for hydroxylation is 2. The minimum atomic E-state index is -0.0134. The summed E-state index contributed by atoms with van der Waals surface area (Å²) in [5.74, 6) is 2.34. The Morgan fingerprint density at radius 1 is 1.00 bits per heavy atom. The van der Waals surface area contributed by atoms with Crippen LogP contribution in [0.3, 0.4) is 0 Å². The average molecular weight is 425 g/mol. The monoisotopic (exact) mass is 424 g/mol. The van der Waals surface area contributed by atoms with E-state index in [-0.39, 0.29) is 11.8 Å². The van der Waals surface area contributed by atoms with Crippen molar-refractivity contribution < 1.29 is 14.0 Å². The first-order valence-electron chi connectivity index (χ1n) is 9.80. The fourth-order valence-corrected chi connectivity index (χ4v) is 4.71. The Bertz CT molecular complexity index is 656. The maximum absolute atomic E-state index is 12.8. The van der Waals surface area contributed by atoms with Crippen LogP contribution in [0.25, 0.3) is 0 Å². The highest BCUT2D eigenvalue weighted by atomic mass is 79.9. The quantitative estimate of drug-likeness (QED) is 0.723. The molecule has 2 aliphatic rings. The van der Waals surface area contributed by atoms with E-state index in [1.165, 1.54) is 32.1 Å². The lowest BCUT2D eigenvalue weighted by atomic mass is 9.86. The molecule has 1 saturated carbocycles. The van der Waals surface area contributed by atoms with Crippen molar-refractivity contribution in [1.29, 1.82) is 0 Å². The number of hydrogen-bond acceptors (Lipinski definition) is 3. The molecule has 5 nitrogen and oxygen atoms in total. The zero-order valence-corrected chi connectivity index (χ0v) is 17.4. The standard InChI is InChI=1S/C20H29BrN2O3/c1-14-18(19(21)15(2)26-14)20(25)23-12-10-22(11-13-23)17(24)9-8-16-6-4-3-5-7-16/h16H,3-13H2,1-2H3. The first-order chi connectivity index (χ1) is 12.5. The molecule has 6 heteroatoms. The van der Waals surface area contributed by atoms with Crippen LogP contribution in [0.1, 0.15) is 66.8 Å². The van der Waals surface area contributed by atoms with Gasteiger partial charge in [-0.3, -0.25) is 9.59 Å². The van der Waals surface area contributed by atoms with E-state index in [2.05, 4.69) is 15.9 Å². The number of piperazine rings is 1. The second-order valence-electron chi connectivity index (χ2n) is 7.62. The van der Waals surface area contributed by atoms with Crippen molar-refractivity contribution in [2.75, 3.05) is 26.2 Å². The van der Waals surface area contributed by atoms with E-state index in [1.54, 1.807) is 0 Å². The number of nitrogens with zero attached hydrogens (tertiary/aromatic N) is 2. The van der Waals surface area contributed by atoms with Crippen LogP contribution in [0, 0.1) is 19.8 Å². The molecule has 26 heavy (non-hydrogen) atoms. The van der Waals surface area contributed by atoms with Gasteiger partial charge in [-0.15, -0.1) is 0 Å². The van der Waals surface area contributed by atoms with E-state index in [4.69, 9.17) is 4.42 Å². The molecule has 2 fully saturated rings. The molecule has 2 amide bonds. The van der Waals surface area contributed by atoms with Crippen molar-refractivity contribution in [1.82, 2.24) is 9.80 Å². The van der Waals surface area contributed by atoms with Crippen molar-refractivity contribution in [3.63, 3.8) is 0 Å². The number of furan rings is 1. The van der Waals surface area contributed by atoms with Crippen LogP contribution in [0.2, 0.25) is 0 Å². The fraction of sp³-hybridized carbons (Fsp3) is 0.700. The maximum Gasteiger partial charge on any atom is 0.258 e. The third kappa shape index (κ3) is 4.33. The summed E-state index contributed by atoms with van der Waals surface area (Å²) < 4.78 is 6.29. The first-order valence-corrected chi connectivity index (χ1v) is 10.6. The Labute approximate surface area is 164 Å². The summed E-state index contributed by atoms with van der Waals surface area (Å²) in [6, 6.07) is 0. The number of rotatable bonds is 4. The number of halogens is 1. The van der Waals surface area contributed by atoms with Crippen LogP contribution in [0.4, 0.5) is 0 Å². The smallest absolute Gasteiger partial charge is 0.258 e. The second-order valence-corrected chi connectivity index (χ2v) is 8.41. The van der Waals surface area contributed by atoms with Gasteiger partial charge in [-0.1, -0.05) is 32.1 Å². The molecule has 0 spiro atoms. The Hall–Kier alpha value is -1.30. The molecular weight excluding hydrogens is 396 g/mol. The minimum absolute atomic E-state index is 0.0134. The third-order valence-corrected chi connectivity index (χ3v) is 6.77. The molecule has 0 atom stereocenters. The molecule has 0 radical (unpaired) electrons. The molecule has 0 bridgehead atoms. The molecule has 0 N–H and O–H groups in total. The van der Waals surface area contributed by atoms with Gasteiger partial charge in [0.1, 0.15) is 11.5 Å². The lowest BCUT2D eigenvalue weighted by Gasteiger charge is -2.35. The number of carbonyl (C=O) groups is 2. The van der Waals surface area contributed by atoms with Gasteiger partial charge >= 0.3 is 0 Å². The van der Waals surface area contributed by atoms with E-state index in [9.17, 15) is 9.59 Å². The topological polar surface area (TPSA) is 53.8 Å². The Kier molecular flexibility index (Phi) is 6.43. The SMILES string of the molecule is Cc1oc(C)c(C(=O)N2CCN(C(=O)CCC3CCCCC3)CC2)c1Br. The number of amides is 2. The van der Waals surface area contributed by atoms with Gasteiger partial charge in [-0.05, 0) is 42.1 Å². The van der Waals surface area contributed by atoms with Crippen LogP contribution >= 0.6 is 15.9 Å². The van der Waals surface area contributed by atoms with Crippen LogP contribution in [0.15, 0.2) is 8.89 Å². The lowest BCUT2D eigenvalue weighted by molar-refractivity contribution is -0.133. The summed E-state index contributed by atoms with van der Waals surface area (Å²) >= 11 is 3.46. The fourth-order valence-electron chi connectivity index (χ4n) is 4.18. The molecule has 2 heterocycles. The summed E-state index contributed by atoms with van der Waals surface area (Å²) in [5.41, 5.74) is 0.611. The first kappa shape index (κ1) is 19.5. The van der Waals surface area contributed by atoms with Gasteiger partial charge in [0.25, 0.3) is 5.91 Å². The van der Waals surface area contributed by atoms with Crippen molar-refractivity contribution in [2.45, 2.75) is 58.8 Å². The molecule has 1 aromatic heterocycles. The van der Waals surface area contributed by atoms with Crippen molar-refractivity contribution in [3.05, 3.63) is 21.6 Å². The molecule has 144 valence electrons. The van der Waals surface area contributed by atoms with E-state index < -0.39 is 0 Å². The molecule has 0 aromatic carbocycles. The van der Waals surface area contributed by atoms with Crippen molar-refractivity contribution in [3.8, 4) is 0 Å². The minimum Gasteiger partial charge on any atom is -0.465 e. The highest BCUT2D eigenvalue weighted by Gasteiger charge is 2.29. The predicted molar refractivity (Wildman–Crippen MR) is 104 cm³/mol. The molecular formula is C20H29BrN2O3. The molecule has 3 rings (SSSR count). The normalized spacial score (nSPS) is 19.0. The van der Waals surface area contributed by atoms with E-state index >= 15 is 0 Å². The Balaban J connectivity index is 1.49. The van der Waals surface area contributed by atoms with E-state index in [0.717, 1.165) is 22.6 Å². The summed E-state index contributed by atoms with van der Waals surface area (Å²) in [6.07, 6.45) is 8.25. The lowest BCUT2D eigenvalue weighted by Crippen LogP contribution is -2.50. The molecule has 1 saturated heterocycles. The highest BCUT2D eigenvalue weighted by molar-refractivity contribution is 9.10. The van der Waals surface area contributed by atoms with E-state index in [0.29, 0.717) is 43.9 Å². The third-order valence-electron chi connectivity index (χ3n) is 5.81. The molecule has 1 aromatic rings. The van der Waals surface area contributed by atoms with Gasteiger partial charge in [0.15, 0.2) is 0 Å². The predicted octanol–water partition coefficient (Wildman–Crippen LogP) is 4.30. The van der Waals surface area contributed by atoms with Crippen LogP contribution in [-0.4, -0.2) is 47.8 Å². The van der Waals surface area contributed by atoms with Gasteiger partial charge in [0.2, 0.25) is 5.91 Å². The summed E-state index contributed by atoms with van der Waals surface area (Å²) in [6.45, 7) is 6.09. The number of carbonyl (C=O) groups excluding carboxylic acids is 2. The van der Waals surface area contributed by atoms with Crippen molar-refractivity contribution >= 4 is 27.7 Å². The Morgan fingerprint density at radius 2 is 1.62 bits per heavy atom. The van der Waals surface area contributed by atoms with Crippen LogP contribution in [0.5, 0.6) is 0 Å². The number of hydrogen-bond donors (Lipinski definition) is 0. The van der Waals surface area contributed by atoms with Crippen LogP contribution in [-0.2, 0) is 4.79 Å². The van der Waals surface area contributed by atoms with Gasteiger partial charge in [-0.2, -0.15) is 0 Å². The Morgan fingerprint density at radius 3 is 2.19 bits per heavy atom. The second kappa shape index (κ2) is 8.59. The van der Waals surface area contributed by atoms with Crippen LogP contribution < -0.4 is 0 Å². The van der Waals surface area contributed by atoms with Gasteiger partial charge < -0.3 is 14.2 Å². The van der Waals surface area contributed by atoms with Gasteiger partial charge in [0, 0.05) is 32.6 Å². The molecule has 1 aliphatic carbocycles. The largest absolute Gasteiger partial charge is 0.465 e. The zero-order chi connectivity index (χ0) is 18.7. The molecule has 1 aliphatic heterocycles. The maximum atomic E-state index is 12.8. The highest BCUT2D eigenvalue weighted by Crippen LogP contribution is 2.29. The molecule has 0 unspecified atom stereocenters. The van der Waals surface area contributed by atoms with Gasteiger partial charge in [-0.25, -0.2) is 0 Å².